The number of aromatic nitrogens is 1. The minimum Gasteiger partial charge on any atom is -0.484 e. The van der Waals surface area contributed by atoms with Gasteiger partial charge in [0, 0.05) is 15.7 Å². The molecule has 0 radical (unpaired) electrons. The third kappa shape index (κ3) is 3.36. The first-order valence-electron chi connectivity index (χ1n) is 9.65. The van der Waals surface area contributed by atoms with E-state index in [4.69, 9.17) is 21.3 Å². The summed E-state index contributed by atoms with van der Waals surface area (Å²) in [5, 5.41) is 5.67. The topological polar surface area (TPSA) is 51.2 Å². The SMILES string of the molecule is O=C(COc1ccccc1)Nc1nc(C23C[C@@H]4C[C@H](CC(Cl)(C4)C2)C3)cs1. The summed E-state index contributed by atoms with van der Waals surface area (Å²) in [7, 11) is 0. The Balaban J connectivity index is 1.26. The summed E-state index contributed by atoms with van der Waals surface area (Å²) in [5.74, 6) is 1.98. The molecule has 0 saturated heterocycles. The number of benzene rings is 1. The highest BCUT2D eigenvalue weighted by Gasteiger charge is 2.58. The average Bonchev–Trinajstić information content (AvgIpc) is 3.08. The molecule has 2 aromatic rings. The zero-order valence-corrected chi connectivity index (χ0v) is 16.7. The Morgan fingerprint density at radius 2 is 1.96 bits per heavy atom. The van der Waals surface area contributed by atoms with Gasteiger partial charge in [0.05, 0.1) is 5.69 Å². The number of para-hydroxylation sites is 1. The van der Waals surface area contributed by atoms with Gasteiger partial charge in [-0.05, 0) is 62.5 Å². The fraction of sp³-hybridized carbons (Fsp3) is 0.524. The van der Waals surface area contributed by atoms with Gasteiger partial charge < -0.3 is 4.74 Å². The van der Waals surface area contributed by atoms with E-state index >= 15 is 0 Å². The normalized spacial score (nSPS) is 33.8. The maximum Gasteiger partial charge on any atom is 0.264 e. The summed E-state index contributed by atoms with van der Waals surface area (Å²) in [4.78, 5) is 17.0. The molecule has 2 atom stereocenters. The third-order valence-corrected chi connectivity index (χ3v) is 7.60. The Morgan fingerprint density at radius 1 is 1.22 bits per heavy atom. The van der Waals surface area contributed by atoms with Crippen LogP contribution in [0.2, 0.25) is 0 Å². The van der Waals surface area contributed by atoms with Crippen LogP contribution in [0.4, 0.5) is 5.13 Å². The lowest BCUT2D eigenvalue weighted by molar-refractivity contribution is -0.118. The Hall–Kier alpha value is -1.59. The lowest BCUT2D eigenvalue weighted by atomic mass is 9.48. The van der Waals surface area contributed by atoms with Crippen LogP contribution in [0.15, 0.2) is 35.7 Å². The molecule has 1 aromatic heterocycles. The van der Waals surface area contributed by atoms with E-state index in [-0.39, 0.29) is 22.8 Å². The summed E-state index contributed by atoms with van der Waals surface area (Å²) >= 11 is 8.46. The van der Waals surface area contributed by atoms with Gasteiger partial charge in [0.2, 0.25) is 0 Å². The molecule has 6 rings (SSSR count). The minimum absolute atomic E-state index is 0.0149. The molecule has 4 fully saturated rings. The van der Waals surface area contributed by atoms with Crippen molar-refractivity contribution in [1.29, 1.82) is 0 Å². The molecule has 4 aliphatic carbocycles. The van der Waals surface area contributed by atoms with Crippen molar-refractivity contribution in [2.24, 2.45) is 11.8 Å². The zero-order valence-electron chi connectivity index (χ0n) is 15.1. The first-order chi connectivity index (χ1) is 13.0. The maximum absolute atomic E-state index is 12.2. The Morgan fingerprint density at radius 3 is 2.67 bits per heavy atom. The molecule has 0 spiro atoms. The highest BCUT2D eigenvalue weighted by molar-refractivity contribution is 7.14. The molecule has 4 aliphatic rings. The first-order valence-corrected chi connectivity index (χ1v) is 10.9. The van der Waals surface area contributed by atoms with Gasteiger partial charge in [0.25, 0.3) is 5.91 Å². The van der Waals surface area contributed by atoms with Gasteiger partial charge >= 0.3 is 0 Å². The fourth-order valence-electron chi connectivity index (χ4n) is 5.85. The molecule has 0 unspecified atom stereocenters. The summed E-state index contributed by atoms with van der Waals surface area (Å²) in [6, 6.07) is 9.36. The molecule has 0 aliphatic heterocycles. The molecule has 1 heterocycles. The predicted octanol–water partition coefficient (Wildman–Crippen LogP) is 4.99. The standard InChI is InChI=1S/C21H23ClN2O2S/c22-21-9-14-6-15(10-21)8-20(7-14,13-21)17-12-27-19(23-17)24-18(25)11-26-16-4-2-1-3-5-16/h1-5,12,14-15H,6-11,13H2,(H,23,24,25)/t14-,15-,20?,21?/m0/s1. The van der Waals surface area contributed by atoms with Crippen molar-refractivity contribution < 1.29 is 9.53 Å². The number of alkyl halides is 1. The van der Waals surface area contributed by atoms with Crippen molar-refractivity contribution in [3.63, 3.8) is 0 Å². The van der Waals surface area contributed by atoms with Crippen LogP contribution in [-0.4, -0.2) is 22.4 Å². The number of nitrogens with one attached hydrogen (secondary N) is 1. The van der Waals surface area contributed by atoms with Gasteiger partial charge in [-0.3, -0.25) is 10.1 Å². The van der Waals surface area contributed by atoms with E-state index in [1.165, 1.54) is 30.6 Å². The lowest BCUT2D eigenvalue weighted by Gasteiger charge is -2.59. The molecule has 1 aromatic carbocycles. The Kier molecular flexibility index (Phi) is 4.21. The third-order valence-electron chi connectivity index (χ3n) is 6.40. The second-order valence-electron chi connectivity index (χ2n) is 8.58. The molecule has 1 N–H and O–H groups in total. The average molecular weight is 403 g/mol. The number of carbonyl (C=O) groups is 1. The van der Waals surface area contributed by atoms with Crippen molar-refractivity contribution in [2.45, 2.75) is 48.8 Å². The number of carbonyl (C=O) groups excluding carboxylic acids is 1. The highest BCUT2D eigenvalue weighted by atomic mass is 35.5. The molecule has 4 nitrogen and oxygen atoms in total. The van der Waals surface area contributed by atoms with Crippen molar-refractivity contribution >= 4 is 34.0 Å². The summed E-state index contributed by atoms with van der Waals surface area (Å²) in [5.41, 5.74) is 1.25. The van der Waals surface area contributed by atoms with Gasteiger partial charge in [-0.2, -0.15) is 0 Å². The summed E-state index contributed by atoms with van der Waals surface area (Å²) in [6.45, 7) is -0.0149. The molecule has 4 bridgehead atoms. The van der Waals surface area contributed by atoms with Crippen LogP contribution < -0.4 is 10.1 Å². The van der Waals surface area contributed by atoms with Crippen LogP contribution in [0.5, 0.6) is 5.75 Å². The first kappa shape index (κ1) is 17.5. The smallest absolute Gasteiger partial charge is 0.264 e. The second-order valence-corrected chi connectivity index (χ2v) is 10.2. The molecule has 27 heavy (non-hydrogen) atoms. The van der Waals surface area contributed by atoms with Crippen LogP contribution in [-0.2, 0) is 10.2 Å². The van der Waals surface area contributed by atoms with E-state index < -0.39 is 0 Å². The van der Waals surface area contributed by atoms with Crippen molar-refractivity contribution in [3.05, 3.63) is 41.4 Å². The van der Waals surface area contributed by atoms with E-state index in [0.717, 1.165) is 36.8 Å². The van der Waals surface area contributed by atoms with Gasteiger partial charge in [-0.15, -0.1) is 22.9 Å². The molecular formula is C21H23ClN2O2S. The number of amides is 1. The Labute approximate surface area is 168 Å². The van der Waals surface area contributed by atoms with Crippen LogP contribution in [0.25, 0.3) is 0 Å². The number of thiazole rings is 1. The maximum atomic E-state index is 12.2. The quantitative estimate of drug-likeness (QED) is 0.717. The number of hydrogen-bond acceptors (Lipinski definition) is 4. The van der Waals surface area contributed by atoms with Gasteiger partial charge in [0.1, 0.15) is 5.75 Å². The number of hydrogen-bond donors (Lipinski definition) is 1. The van der Waals surface area contributed by atoms with Crippen LogP contribution in [0, 0.1) is 11.8 Å². The molecule has 1 amide bonds. The van der Waals surface area contributed by atoms with E-state index in [9.17, 15) is 4.79 Å². The highest BCUT2D eigenvalue weighted by Crippen LogP contribution is 2.64. The van der Waals surface area contributed by atoms with E-state index in [1.807, 2.05) is 30.3 Å². The molecule has 6 heteroatoms. The molecule has 4 saturated carbocycles. The summed E-state index contributed by atoms with van der Waals surface area (Å²) in [6.07, 6.45) is 7.09. The van der Waals surface area contributed by atoms with Crippen molar-refractivity contribution in [2.75, 3.05) is 11.9 Å². The van der Waals surface area contributed by atoms with Gasteiger partial charge in [0.15, 0.2) is 11.7 Å². The van der Waals surface area contributed by atoms with Crippen molar-refractivity contribution in [3.8, 4) is 5.75 Å². The van der Waals surface area contributed by atoms with E-state index in [2.05, 4.69) is 10.7 Å². The fourth-order valence-corrected chi connectivity index (χ4v) is 7.39. The second kappa shape index (κ2) is 6.49. The zero-order chi connectivity index (χ0) is 18.5. The predicted molar refractivity (Wildman–Crippen MR) is 108 cm³/mol. The largest absolute Gasteiger partial charge is 0.484 e. The van der Waals surface area contributed by atoms with Crippen LogP contribution >= 0.6 is 22.9 Å². The Bertz CT molecular complexity index is 839. The van der Waals surface area contributed by atoms with Gasteiger partial charge in [-0.1, -0.05) is 18.2 Å². The van der Waals surface area contributed by atoms with Gasteiger partial charge in [-0.25, -0.2) is 4.98 Å². The molecule has 142 valence electrons. The van der Waals surface area contributed by atoms with Crippen LogP contribution in [0.3, 0.4) is 0 Å². The number of rotatable bonds is 5. The molecular weight excluding hydrogens is 380 g/mol. The number of anilines is 1. The number of ether oxygens (including phenoxy) is 1. The van der Waals surface area contributed by atoms with E-state index in [1.54, 1.807) is 0 Å². The van der Waals surface area contributed by atoms with Crippen LogP contribution in [0.1, 0.15) is 44.2 Å². The number of halogens is 1. The monoisotopic (exact) mass is 402 g/mol. The van der Waals surface area contributed by atoms with Crippen molar-refractivity contribution in [1.82, 2.24) is 4.98 Å². The summed E-state index contributed by atoms with van der Waals surface area (Å²) < 4.78 is 5.51. The van der Waals surface area contributed by atoms with E-state index in [0.29, 0.717) is 10.9 Å². The lowest BCUT2D eigenvalue weighted by Crippen LogP contribution is -2.55. The number of nitrogens with zero attached hydrogens (tertiary/aromatic N) is 1. The minimum atomic E-state index is -0.181.